The van der Waals surface area contributed by atoms with Gasteiger partial charge in [-0.05, 0) is 32.0 Å². The number of halogens is 2. The van der Waals surface area contributed by atoms with Gasteiger partial charge in [0.25, 0.3) is 0 Å². The van der Waals surface area contributed by atoms with Crippen molar-refractivity contribution >= 4 is 0 Å². The maximum Gasteiger partial charge on any atom is 0.131 e. The molecule has 1 heterocycles. The van der Waals surface area contributed by atoms with E-state index in [-0.39, 0.29) is 5.56 Å². The fourth-order valence-corrected chi connectivity index (χ4v) is 2.16. The fourth-order valence-electron chi connectivity index (χ4n) is 2.16. The van der Waals surface area contributed by atoms with Crippen molar-refractivity contribution < 1.29 is 8.78 Å². The molecule has 0 aliphatic carbocycles. The summed E-state index contributed by atoms with van der Waals surface area (Å²) in [5.41, 5.74) is 0.820. The molecule has 2 rings (SSSR count). The molecule has 0 aliphatic rings. The molecule has 0 radical (unpaired) electrons. The van der Waals surface area contributed by atoms with Crippen LogP contribution >= 0.6 is 0 Å². The molecule has 1 N–H and O–H groups in total. The number of hydrogen-bond acceptors (Lipinski definition) is 2. The molecule has 20 heavy (non-hydrogen) atoms. The summed E-state index contributed by atoms with van der Waals surface area (Å²) in [6.45, 7) is 5.38. The second kappa shape index (κ2) is 6.61. The minimum Gasteiger partial charge on any atom is -0.306 e. The first kappa shape index (κ1) is 14.7. The number of benzene rings is 1. The van der Waals surface area contributed by atoms with Crippen LogP contribution in [0.25, 0.3) is 0 Å². The molecule has 0 fully saturated rings. The van der Waals surface area contributed by atoms with Gasteiger partial charge in [-0.3, -0.25) is 4.68 Å². The van der Waals surface area contributed by atoms with E-state index in [0.717, 1.165) is 18.5 Å². The summed E-state index contributed by atoms with van der Waals surface area (Å²) < 4.78 is 29.7. The summed E-state index contributed by atoms with van der Waals surface area (Å²) in [7, 11) is 0. The second-order valence-electron chi connectivity index (χ2n) is 4.65. The van der Waals surface area contributed by atoms with Gasteiger partial charge < -0.3 is 5.32 Å². The highest BCUT2D eigenvalue weighted by Gasteiger charge is 2.22. The van der Waals surface area contributed by atoms with Gasteiger partial charge in [-0.2, -0.15) is 5.10 Å². The van der Waals surface area contributed by atoms with Crippen LogP contribution in [-0.2, 0) is 6.54 Å². The number of nitrogens with one attached hydrogen (secondary N) is 1. The Morgan fingerprint density at radius 1 is 1.25 bits per heavy atom. The smallest absolute Gasteiger partial charge is 0.131 e. The first-order chi connectivity index (χ1) is 9.67. The zero-order valence-corrected chi connectivity index (χ0v) is 11.7. The van der Waals surface area contributed by atoms with E-state index in [1.54, 1.807) is 10.9 Å². The molecule has 0 saturated heterocycles. The lowest BCUT2D eigenvalue weighted by atomic mass is 10.00. The van der Waals surface area contributed by atoms with Crippen molar-refractivity contribution in [3.8, 4) is 0 Å². The lowest BCUT2D eigenvalue weighted by Crippen LogP contribution is -2.25. The standard InChI is InChI=1S/C15H19F2N3/c1-3-8-18-15(11-9-19-20(4-2)10-11)14-12(16)6-5-7-13(14)17/h5-7,9-10,15,18H,3-4,8H2,1-2H3. The van der Waals surface area contributed by atoms with Gasteiger partial charge in [0.15, 0.2) is 0 Å². The lowest BCUT2D eigenvalue weighted by molar-refractivity contribution is 0.502. The Hall–Kier alpha value is -1.75. The van der Waals surface area contributed by atoms with E-state index in [1.165, 1.54) is 18.2 Å². The van der Waals surface area contributed by atoms with Crippen molar-refractivity contribution in [2.45, 2.75) is 32.9 Å². The molecule has 0 amide bonds. The minimum atomic E-state index is -0.539. The molecule has 1 atom stereocenters. The van der Waals surface area contributed by atoms with Crippen LogP contribution in [0.3, 0.4) is 0 Å². The van der Waals surface area contributed by atoms with E-state index < -0.39 is 17.7 Å². The van der Waals surface area contributed by atoms with E-state index >= 15 is 0 Å². The van der Waals surface area contributed by atoms with Crippen LogP contribution in [0.1, 0.15) is 37.4 Å². The van der Waals surface area contributed by atoms with Crippen LogP contribution in [0.5, 0.6) is 0 Å². The molecule has 1 aromatic carbocycles. The highest BCUT2D eigenvalue weighted by molar-refractivity contribution is 5.31. The normalized spacial score (nSPS) is 12.6. The third-order valence-electron chi connectivity index (χ3n) is 3.20. The summed E-state index contributed by atoms with van der Waals surface area (Å²) in [4.78, 5) is 0. The molecule has 0 spiro atoms. The molecule has 1 unspecified atom stereocenters. The van der Waals surface area contributed by atoms with E-state index in [4.69, 9.17) is 0 Å². The summed E-state index contributed by atoms with van der Waals surface area (Å²) in [6, 6.07) is 3.42. The van der Waals surface area contributed by atoms with E-state index in [0.29, 0.717) is 6.54 Å². The molecule has 1 aromatic heterocycles. The lowest BCUT2D eigenvalue weighted by Gasteiger charge is -2.19. The fraction of sp³-hybridized carbons (Fsp3) is 0.400. The Balaban J connectivity index is 2.41. The molecule has 0 saturated carbocycles. The average molecular weight is 279 g/mol. The van der Waals surface area contributed by atoms with E-state index in [9.17, 15) is 8.78 Å². The van der Waals surface area contributed by atoms with Crippen LogP contribution in [0.2, 0.25) is 0 Å². The van der Waals surface area contributed by atoms with Gasteiger partial charge in [0.05, 0.1) is 12.2 Å². The van der Waals surface area contributed by atoms with E-state index in [1.807, 2.05) is 20.0 Å². The summed E-state index contributed by atoms with van der Waals surface area (Å²) in [6.07, 6.45) is 4.36. The second-order valence-corrected chi connectivity index (χ2v) is 4.65. The van der Waals surface area contributed by atoms with E-state index in [2.05, 4.69) is 10.4 Å². The number of hydrogen-bond donors (Lipinski definition) is 1. The number of aromatic nitrogens is 2. The highest BCUT2D eigenvalue weighted by Crippen LogP contribution is 2.26. The van der Waals surface area contributed by atoms with Crippen molar-refractivity contribution in [1.82, 2.24) is 15.1 Å². The molecule has 108 valence electrons. The predicted octanol–water partition coefficient (Wildman–Crippen LogP) is 3.27. The predicted molar refractivity (Wildman–Crippen MR) is 74.4 cm³/mol. The molecule has 3 nitrogen and oxygen atoms in total. The SMILES string of the molecule is CCCNC(c1cnn(CC)c1)c1c(F)cccc1F. The number of aryl methyl sites for hydroxylation is 1. The van der Waals surface area contributed by atoms with Gasteiger partial charge in [-0.25, -0.2) is 8.78 Å². The topological polar surface area (TPSA) is 29.9 Å². The average Bonchev–Trinajstić information content (AvgIpc) is 2.90. The Morgan fingerprint density at radius 2 is 1.95 bits per heavy atom. The van der Waals surface area contributed by atoms with Crippen LogP contribution in [0.15, 0.2) is 30.6 Å². The maximum absolute atomic E-state index is 14.0. The van der Waals surface area contributed by atoms with Gasteiger partial charge in [0, 0.05) is 23.9 Å². The maximum atomic E-state index is 14.0. The quantitative estimate of drug-likeness (QED) is 0.879. The van der Waals surface area contributed by atoms with Crippen LogP contribution in [0.4, 0.5) is 8.78 Å². The van der Waals surface area contributed by atoms with Gasteiger partial charge in [-0.15, -0.1) is 0 Å². The third kappa shape index (κ3) is 3.04. The first-order valence-corrected chi connectivity index (χ1v) is 6.87. The summed E-state index contributed by atoms with van der Waals surface area (Å²) in [5.74, 6) is -1.08. The van der Waals surface area contributed by atoms with Crippen LogP contribution < -0.4 is 5.32 Å². The zero-order valence-electron chi connectivity index (χ0n) is 11.7. The molecular formula is C15H19F2N3. The van der Waals surface area contributed by atoms with Crippen molar-refractivity contribution in [2.24, 2.45) is 0 Å². The minimum absolute atomic E-state index is 0.0524. The van der Waals surface area contributed by atoms with Crippen molar-refractivity contribution in [3.05, 3.63) is 53.4 Å². The monoisotopic (exact) mass is 279 g/mol. The van der Waals surface area contributed by atoms with Crippen molar-refractivity contribution in [3.63, 3.8) is 0 Å². The number of rotatable bonds is 6. The highest BCUT2D eigenvalue weighted by atomic mass is 19.1. The first-order valence-electron chi connectivity index (χ1n) is 6.87. The van der Waals surface area contributed by atoms with Gasteiger partial charge in [-0.1, -0.05) is 13.0 Å². The molecule has 5 heteroatoms. The van der Waals surface area contributed by atoms with Crippen molar-refractivity contribution in [1.29, 1.82) is 0 Å². The van der Waals surface area contributed by atoms with Crippen LogP contribution in [0, 0.1) is 11.6 Å². The van der Waals surface area contributed by atoms with Gasteiger partial charge >= 0.3 is 0 Å². The molecule has 0 aliphatic heterocycles. The molecular weight excluding hydrogens is 260 g/mol. The summed E-state index contributed by atoms with van der Waals surface area (Å²) >= 11 is 0. The molecule has 0 bridgehead atoms. The number of nitrogens with zero attached hydrogens (tertiary/aromatic N) is 2. The van der Waals surface area contributed by atoms with Crippen LogP contribution in [-0.4, -0.2) is 16.3 Å². The third-order valence-corrected chi connectivity index (χ3v) is 3.20. The largest absolute Gasteiger partial charge is 0.306 e. The van der Waals surface area contributed by atoms with Crippen molar-refractivity contribution in [2.75, 3.05) is 6.54 Å². The Labute approximate surface area is 117 Å². The Morgan fingerprint density at radius 3 is 2.50 bits per heavy atom. The summed E-state index contributed by atoms with van der Waals surface area (Å²) in [5, 5.41) is 7.37. The zero-order chi connectivity index (χ0) is 14.5. The Kier molecular flexibility index (Phi) is 4.84. The Bertz CT molecular complexity index is 546. The molecule has 2 aromatic rings. The van der Waals surface area contributed by atoms with Gasteiger partial charge in [0.1, 0.15) is 11.6 Å². The van der Waals surface area contributed by atoms with Gasteiger partial charge in [0.2, 0.25) is 0 Å².